The molecule has 0 aliphatic rings. The molecule has 17 nitrogen and oxygen atoms in total. The fourth-order valence-corrected chi connectivity index (χ4v) is 13.6. The van der Waals surface area contributed by atoms with Crippen LogP contribution in [0.2, 0.25) is 0 Å². The molecule has 0 aliphatic heterocycles. The third-order valence-corrected chi connectivity index (χ3v) is 20.2. The first-order chi connectivity index (χ1) is 47.0. The van der Waals surface area contributed by atoms with Crippen molar-refractivity contribution in [3.05, 3.63) is 0 Å². The van der Waals surface area contributed by atoms with E-state index in [9.17, 15) is 43.2 Å². The van der Waals surface area contributed by atoms with E-state index in [2.05, 4.69) is 34.6 Å². The first-order valence-electron chi connectivity index (χ1n) is 40.6. The third-order valence-electron chi connectivity index (χ3n) is 18.3. The zero-order valence-corrected chi connectivity index (χ0v) is 65.0. The van der Waals surface area contributed by atoms with Gasteiger partial charge in [-0.3, -0.25) is 37.3 Å². The summed E-state index contributed by atoms with van der Waals surface area (Å²) in [6.07, 6.45) is 61.1. The van der Waals surface area contributed by atoms with Crippen molar-refractivity contribution >= 4 is 39.5 Å². The molecule has 0 aromatic carbocycles. The molecule has 0 rings (SSSR count). The molecule has 0 saturated heterocycles. The van der Waals surface area contributed by atoms with Crippen molar-refractivity contribution < 1.29 is 80.2 Å². The predicted octanol–water partition coefficient (Wildman–Crippen LogP) is 23.3. The average Bonchev–Trinajstić information content (AvgIpc) is 1.90. The normalized spacial score (nSPS) is 13.9. The van der Waals surface area contributed by atoms with Gasteiger partial charge in [0.15, 0.2) is 12.2 Å². The van der Waals surface area contributed by atoms with Crippen molar-refractivity contribution in [3.8, 4) is 0 Å². The number of hydrogen-bond acceptors (Lipinski definition) is 15. The number of unbranched alkanes of at least 4 members (excludes halogenated alkanes) is 50. The fraction of sp³-hybridized carbons (Fsp3) is 0.949. The summed E-state index contributed by atoms with van der Waals surface area (Å²) in [4.78, 5) is 72.8. The van der Waals surface area contributed by atoms with Gasteiger partial charge in [-0.05, 0) is 31.6 Å². The highest BCUT2D eigenvalue weighted by atomic mass is 31.2. The number of carbonyl (C=O) groups is 4. The molecule has 0 aromatic rings. The van der Waals surface area contributed by atoms with Crippen LogP contribution in [0.25, 0.3) is 0 Å². The second-order valence-electron chi connectivity index (χ2n) is 28.6. The topological polar surface area (TPSA) is 237 Å². The monoisotopic (exact) mass is 1420 g/mol. The van der Waals surface area contributed by atoms with E-state index in [0.717, 1.165) is 95.8 Å². The number of aliphatic hydroxyl groups excluding tert-OH is 1. The summed E-state index contributed by atoms with van der Waals surface area (Å²) in [5.74, 6) is -1.30. The van der Waals surface area contributed by atoms with E-state index in [1.807, 2.05) is 0 Å². The van der Waals surface area contributed by atoms with Crippen LogP contribution in [0.3, 0.4) is 0 Å². The van der Waals surface area contributed by atoms with Crippen LogP contribution in [0.1, 0.15) is 413 Å². The van der Waals surface area contributed by atoms with Crippen LogP contribution in [0.15, 0.2) is 0 Å². The standard InChI is InChI=1S/C78H152O17P2/c1-6-9-12-15-18-21-23-24-25-26-27-28-32-35-38-43-47-52-57-62-76(81)89-68-74(95-78(83)64-59-54-49-44-39-36-33-30-29-31-34-37-41-45-50-55-60-71(4)5)70-93-97(86,87)91-66-72(79)65-90-96(84,85)92-69-73(67-88-75(80)61-56-51-46-40-20-17-14-11-8-3)94-77(82)63-58-53-48-42-22-19-16-13-10-7-2/h71-74,79H,6-70H2,1-5H3,(H,84,85)(H,86,87)/t72-,73+,74+/m0/s1. The van der Waals surface area contributed by atoms with Gasteiger partial charge in [-0.1, -0.05) is 362 Å². The third kappa shape index (κ3) is 72.2. The van der Waals surface area contributed by atoms with Crippen LogP contribution in [0, 0.1) is 5.92 Å². The average molecular weight is 1420 g/mol. The van der Waals surface area contributed by atoms with E-state index in [4.69, 9.17) is 37.0 Å². The van der Waals surface area contributed by atoms with Gasteiger partial charge < -0.3 is 33.8 Å². The molecule has 0 spiro atoms. The molecule has 2 unspecified atom stereocenters. The molecular weight excluding hydrogens is 1270 g/mol. The summed E-state index contributed by atoms with van der Waals surface area (Å²) < 4.78 is 68.5. The number of rotatable bonds is 78. The smallest absolute Gasteiger partial charge is 0.462 e. The minimum atomic E-state index is -4.96. The maximum Gasteiger partial charge on any atom is 0.472 e. The number of carbonyl (C=O) groups excluding carboxylic acids is 4. The lowest BCUT2D eigenvalue weighted by Crippen LogP contribution is -2.30. The Morgan fingerprint density at radius 3 is 0.701 bits per heavy atom. The Bertz CT molecular complexity index is 1860. The molecule has 5 atom stereocenters. The summed E-state index contributed by atoms with van der Waals surface area (Å²) in [5, 5.41) is 10.6. The summed E-state index contributed by atoms with van der Waals surface area (Å²) in [6.45, 7) is 7.31. The van der Waals surface area contributed by atoms with Crippen molar-refractivity contribution in [1.29, 1.82) is 0 Å². The number of hydrogen-bond donors (Lipinski definition) is 3. The molecule has 576 valence electrons. The Kier molecular flexibility index (Phi) is 69.6. The molecule has 0 saturated carbocycles. The number of phosphoric ester groups is 2. The van der Waals surface area contributed by atoms with Gasteiger partial charge in [0.05, 0.1) is 26.4 Å². The van der Waals surface area contributed by atoms with Crippen LogP contribution in [0.4, 0.5) is 0 Å². The summed E-state index contributed by atoms with van der Waals surface area (Å²) in [5.41, 5.74) is 0. The molecule has 0 aromatic heterocycles. The van der Waals surface area contributed by atoms with Gasteiger partial charge in [-0.2, -0.15) is 0 Å². The second-order valence-corrected chi connectivity index (χ2v) is 31.5. The van der Waals surface area contributed by atoms with Gasteiger partial charge in [0.25, 0.3) is 0 Å². The fourth-order valence-electron chi connectivity index (χ4n) is 12.1. The first-order valence-corrected chi connectivity index (χ1v) is 43.6. The Hall–Kier alpha value is -1.94. The molecule has 0 fully saturated rings. The van der Waals surface area contributed by atoms with Crippen molar-refractivity contribution in [1.82, 2.24) is 0 Å². The minimum absolute atomic E-state index is 0.107. The van der Waals surface area contributed by atoms with Crippen molar-refractivity contribution in [2.75, 3.05) is 39.6 Å². The summed E-state index contributed by atoms with van der Waals surface area (Å²) in [7, 11) is -9.91. The van der Waals surface area contributed by atoms with Crippen LogP contribution in [-0.4, -0.2) is 96.7 Å². The highest BCUT2D eigenvalue weighted by molar-refractivity contribution is 7.47. The SMILES string of the molecule is CCCCCCCCCCCCCCCCCCCCCC(=O)OC[C@H](COP(=O)(O)OC[C@@H](O)COP(=O)(O)OC[C@@H](COC(=O)CCCCCCCCCCC)OC(=O)CCCCCCCCCCCC)OC(=O)CCCCCCCCCCCCCCCCCCC(C)C. The van der Waals surface area contributed by atoms with Crippen LogP contribution in [0.5, 0.6) is 0 Å². The predicted molar refractivity (Wildman–Crippen MR) is 395 cm³/mol. The zero-order valence-electron chi connectivity index (χ0n) is 63.2. The Balaban J connectivity index is 5.18. The molecule has 19 heteroatoms. The molecule has 0 heterocycles. The Morgan fingerprint density at radius 2 is 0.474 bits per heavy atom. The first kappa shape index (κ1) is 95.1. The molecular formula is C78H152O17P2. The number of aliphatic hydroxyl groups is 1. The maximum absolute atomic E-state index is 13.1. The summed E-state index contributed by atoms with van der Waals surface area (Å²) in [6, 6.07) is 0. The van der Waals surface area contributed by atoms with Gasteiger partial charge in [-0.25, -0.2) is 9.13 Å². The maximum atomic E-state index is 13.1. The van der Waals surface area contributed by atoms with Crippen molar-refractivity contribution in [2.45, 2.75) is 432 Å². The minimum Gasteiger partial charge on any atom is -0.462 e. The lowest BCUT2D eigenvalue weighted by Gasteiger charge is -2.21. The highest BCUT2D eigenvalue weighted by Crippen LogP contribution is 2.45. The van der Waals surface area contributed by atoms with Gasteiger partial charge in [0, 0.05) is 25.7 Å². The lowest BCUT2D eigenvalue weighted by molar-refractivity contribution is -0.161. The Labute approximate surface area is 594 Å². The quantitative estimate of drug-likeness (QED) is 0.0222. The lowest BCUT2D eigenvalue weighted by atomic mass is 10.0. The van der Waals surface area contributed by atoms with Gasteiger partial charge >= 0.3 is 39.5 Å². The van der Waals surface area contributed by atoms with E-state index in [1.165, 1.54) is 238 Å². The van der Waals surface area contributed by atoms with Crippen LogP contribution >= 0.6 is 15.6 Å². The van der Waals surface area contributed by atoms with E-state index in [-0.39, 0.29) is 25.7 Å². The molecule has 97 heavy (non-hydrogen) atoms. The van der Waals surface area contributed by atoms with Crippen molar-refractivity contribution in [3.63, 3.8) is 0 Å². The molecule has 0 aliphatic carbocycles. The summed E-state index contributed by atoms with van der Waals surface area (Å²) >= 11 is 0. The number of ether oxygens (including phenoxy) is 4. The van der Waals surface area contributed by atoms with E-state index >= 15 is 0 Å². The molecule has 3 N–H and O–H groups in total. The number of phosphoric acid groups is 2. The highest BCUT2D eigenvalue weighted by Gasteiger charge is 2.30. The largest absolute Gasteiger partial charge is 0.472 e. The van der Waals surface area contributed by atoms with Crippen molar-refractivity contribution in [2.24, 2.45) is 5.92 Å². The van der Waals surface area contributed by atoms with Gasteiger partial charge in [0.2, 0.25) is 0 Å². The van der Waals surface area contributed by atoms with Gasteiger partial charge in [0.1, 0.15) is 19.3 Å². The van der Waals surface area contributed by atoms with E-state index in [0.29, 0.717) is 25.7 Å². The molecule has 0 radical (unpaired) electrons. The number of esters is 4. The Morgan fingerprint density at radius 1 is 0.278 bits per heavy atom. The molecule has 0 amide bonds. The van der Waals surface area contributed by atoms with Crippen LogP contribution < -0.4 is 0 Å². The molecule has 0 bridgehead atoms. The van der Waals surface area contributed by atoms with E-state index < -0.39 is 97.5 Å². The second kappa shape index (κ2) is 71.1. The van der Waals surface area contributed by atoms with Gasteiger partial charge in [-0.15, -0.1) is 0 Å². The zero-order chi connectivity index (χ0) is 71.2. The van der Waals surface area contributed by atoms with Crippen LogP contribution in [-0.2, 0) is 65.4 Å². The van der Waals surface area contributed by atoms with E-state index in [1.54, 1.807) is 0 Å².